The van der Waals surface area contributed by atoms with Crippen molar-refractivity contribution in [1.82, 2.24) is 0 Å². The summed E-state index contributed by atoms with van der Waals surface area (Å²) in [7, 11) is 1.56. The van der Waals surface area contributed by atoms with Crippen molar-refractivity contribution in [3.05, 3.63) is 0 Å². The SMILES string of the molecule is CCCCC.CCCCC(CC)(C(=O)OC)C1CCC(CCC)CC1. The molecule has 1 rings (SSSR count). The summed E-state index contributed by atoms with van der Waals surface area (Å²) in [6, 6.07) is 0. The second-order valence-corrected chi connectivity index (χ2v) is 7.96. The highest BCUT2D eigenvalue weighted by Gasteiger charge is 2.45. The molecule has 150 valence electrons. The minimum absolute atomic E-state index is 0.0485. The Morgan fingerprint density at radius 1 is 0.880 bits per heavy atom. The minimum atomic E-state index is -0.206. The van der Waals surface area contributed by atoms with Gasteiger partial charge in [0.1, 0.15) is 0 Å². The summed E-state index contributed by atoms with van der Waals surface area (Å²) in [5.41, 5.74) is -0.206. The molecule has 0 spiro atoms. The zero-order chi connectivity index (χ0) is 19.1. The molecule has 0 aromatic rings. The van der Waals surface area contributed by atoms with E-state index in [9.17, 15) is 4.79 Å². The van der Waals surface area contributed by atoms with Gasteiger partial charge in [0.2, 0.25) is 0 Å². The maximum absolute atomic E-state index is 12.5. The van der Waals surface area contributed by atoms with Crippen LogP contribution in [0.15, 0.2) is 0 Å². The third-order valence-electron chi connectivity index (χ3n) is 6.23. The fraction of sp³-hybridized carbons (Fsp3) is 0.957. The van der Waals surface area contributed by atoms with Crippen molar-refractivity contribution in [3.63, 3.8) is 0 Å². The van der Waals surface area contributed by atoms with Crippen LogP contribution in [-0.4, -0.2) is 13.1 Å². The Bertz CT molecular complexity index is 316. The van der Waals surface area contributed by atoms with Gasteiger partial charge in [-0.3, -0.25) is 4.79 Å². The van der Waals surface area contributed by atoms with E-state index in [-0.39, 0.29) is 11.4 Å². The summed E-state index contributed by atoms with van der Waals surface area (Å²) in [6.45, 7) is 11.1. The van der Waals surface area contributed by atoms with E-state index in [2.05, 4.69) is 34.6 Å². The van der Waals surface area contributed by atoms with Gasteiger partial charge < -0.3 is 4.74 Å². The monoisotopic (exact) mass is 354 g/mol. The molecule has 0 radical (unpaired) electrons. The molecule has 0 bridgehead atoms. The lowest BCUT2D eigenvalue weighted by Gasteiger charge is -2.41. The van der Waals surface area contributed by atoms with Crippen molar-refractivity contribution in [3.8, 4) is 0 Å². The molecule has 0 N–H and O–H groups in total. The molecule has 1 aliphatic rings. The van der Waals surface area contributed by atoms with E-state index in [0.717, 1.165) is 31.6 Å². The van der Waals surface area contributed by atoms with E-state index >= 15 is 0 Å². The molecule has 2 nitrogen and oxygen atoms in total. The highest BCUT2D eigenvalue weighted by atomic mass is 16.5. The number of carbonyl (C=O) groups excluding carboxylic acids is 1. The van der Waals surface area contributed by atoms with E-state index in [1.165, 1.54) is 57.8 Å². The highest BCUT2D eigenvalue weighted by Crippen LogP contribution is 2.47. The third-order valence-corrected chi connectivity index (χ3v) is 6.23. The number of hydrogen-bond acceptors (Lipinski definition) is 2. The lowest BCUT2D eigenvalue weighted by Crippen LogP contribution is -2.41. The molecule has 0 aliphatic heterocycles. The van der Waals surface area contributed by atoms with Crippen LogP contribution < -0.4 is 0 Å². The van der Waals surface area contributed by atoms with E-state index in [4.69, 9.17) is 4.74 Å². The second-order valence-electron chi connectivity index (χ2n) is 7.96. The van der Waals surface area contributed by atoms with Gasteiger partial charge in [0, 0.05) is 0 Å². The van der Waals surface area contributed by atoms with E-state index in [0.29, 0.717) is 5.92 Å². The van der Waals surface area contributed by atoms with E-state index in [1.807, 2.05) is 0 Å². The molecule has 0 aromatic heterocycles. The molecule has 25 heavy (non-hydrogen) atoms. The smallest absolute Gasteiger partial charge is 0.312 e. The molecule has 0 aromatic carbocycles. The Kier molecular flexibility index (Phi) is 14.3. The molecular weight excluding hydrogens is 308 g/mol. The maximum atomic E-state index is 12.5. The van der Waals surface area contributed by atoms with Gasteiger partial charge >= 0.3 is 5.97 Å². The Morgan fingerprint density at radius 2 is 1.44 bits per heavy atom. The van der Waals surface area contributed by atoms with Crippen LogP contribution in [0, 0.1) is 17.3 Å². The molecule has 0 saturated heterocycles. The predicted molar refractivity (Wildman–Crippen MR) is 110 cm³/mol. The quantitative estimate of drug-likeness (QED) is 0.378. The van der Waals surface area contributed by atoms with Crippen LogP contribution in [0.4, 0.5) is 0 Å². The lowest BCUT2D eigenvalue weighted by molar-refractivity contribution is -0.159. The van der Waals surface area contributed by atoms with Crippen molar-refractivity contribution < 1.29 is 9.53 Å². The van der Waals surface area contributed by atoms with Crippen LogP contribution in [0.2, 0.25) is 0 Å². The van der Waals surface area contributed by atoms with Crippen LogP contribution in [0.3, 0.4) is 0 Å². The average molecular weight is 355 g/mol. The van der Waals surface area contributed by atoms with Crippen LogP contribution >= 0.6 is 0 Å². The number of unbranched alkanes of at least 4 members (excludes halogenated alkanes) is 3. The minimum Gasteiger partial charge on any atom is -0.469 e. The van der Waals surface area contributed by atoms with Gasteiger partial charge in [-0.1, -0.05) is 92.4 Å². The van der Waals surface area contributed by atoms with E-state index < -0.39 is 0 Å². The molecule has 1 atom stereocenters. The van der Waals surface area contributed by atoms with Gasteiger partial charge in [-0.15, -0.1) is 0 Å². The van der Waals surface area contributed by atoms with Crippen molar-refractivity contribution >= 4 is 5.97 Å². The van der Waals surface area contributed by atoms with Crippen LogP contribution in [0.25, 0.3) is 0 Å². The first-order chi connectivity index (χ1) is 12.1. The highest BCUT2D eigenvalue weighted by molar-refractivity contribution is 5.77. The molecule has 0 heterocycles. The first kappa shape index (κ1) is 24.5. The Labute approximate surface area is 158 Å². The molecule has 1 unspecified atom stereocenters. The summed E-state index contributed by atoms with van der Waals surface area (Å²) < 4.78 is 5.19. The van der Waals surface area contributed by atoms with Gasteiger partial charge in [-0.05, 0) is 37.5 Å². The number of rotatable bonds is 10. The van der Waals surface area contributed by atoms with Crippen molar-refractivity contribution in [1.29, 1.82) is 0 Å². The summed E-state index contributed by atoms with van der Waals surface area (Å²) in [5.74, 6) is 1.49. The summed E-state index contributed by atoms with van der Waals surface area (Å²) in [6.07, 6.45) is 16.0. The molecule has 1 aliphatic carbocycles. The lowest BCUT2D eigenvalue weighted by atomic mass is 9.63. The third kappa shape index (κ3) is 8.13. The second kappa shape index (κ2) is 14.6. The Balaban J connectivity index is 0.00000101. The van der Waals surface area contributed by atoms with Gasteiger partial charge in [-0.2, -0.15) is 0 Å². The summed E-state index contributed by atoms with van der Waals surface area (Å²) in [5, 5.41) is 0. The fourth-order valence-corrected chi connectivity index (χ4v) is 4.54. The topological polar surface area (TPSA) is 26.3 Å². The van der Waals surface area contributed by atoms with Crippen LogP contribution in [0.1, 0.15) is 118 Å². The number of carbonyl (C=O) groups is 1. The first-order valence-corrected chi connectivity index (χ1v) is 11.1. The van der Waals surface area contributed by atoms with Crippen LogP contribution in [-0.2, 0) is 9.53 Å². The standard InChI is InChI=1S/C18H34O2.C5H12/c1-5-8-14-18(7-3,17(19)20-4)16-12-10-15(9-6-2)11-13-16;1-3-5-4-2/h15-16H,5-14H2,1-4H3;3-5H2,1-2H3. The predicted octanol–water partition coefficient (Wildman–Crippen LogP) is 7.55. The number of ether oxygens (including phenoxy) is 1. The van der Waals surface area contributed by atoms with Crippen LogP contribution in [0.5, 0.6) is 0 Å². The molecule has 1 saturated carbocycles. The largest absolute Gasteiger partial charge is 0.469 e. The Hall–Kier alpha value is -0.530. The maximum Gasteiger partial charge on any atom is 0.312 e. The number of esters is 1. The molecular formula is C23H46O2. The van der Waals surface area contributed by atoms with Gasteiger partial charge in [-0.25, -0.2) is 0 Å². The average Bonchev–Trinajstić information content (AvgIpc) is 2.65. The number of hydrogen-bond donors (Lipinski definition) is 0. The Morgan fingerprint density at radius 3 is 1.80 bits per heavy atom. The van der Waals surface area contributed by atoms with Crippen molar-refractivity contribution in [2.45, 2.75) is 118 Å². The first-order valence-electron chi connectivity index (χ1n) is 11.1. The molecule has 2 heteroatoms. The summed E-state index contributed by atoms with van der Waals surface area (Å²) in [4.78, 5) is 12.5. The van der Waals surface area contributed by atoms with Crippen molar-refractivity contribution in [2.24, 2.45) is 17.3 Å². The molecule has 1 fully saturated rings. The van der Waals surface area contributed by atoms with E-state index in [1.54, 1.807) is 7.11 Å². The zero-order valence-electron chi connectivity index (χ0n) is 18.2. The zero-order valence-corrected chi connectivity index (χ0v) is 18.2. The normalized spacial score (nSPS) is 22.5. The molecule has 0 amide bonds. The van der Waals surface area contributed by atoms with Gasteiger partial charge in [0.25, 0.3) is 0 Å². The summed E-state index contributed by atoms with van der Waals surface area (Å²) >= 11 is 0. The van der Waals surface area contributed by atoms with Crippen molar-refractivity contribution in [2.75, 3.05) is 7.11 Å². The fourth-order valence-electron chi connectivity index (χ4n) is 4.54. The van der Waals surface area contributed by atoms with Gasteiger partial charge in [0.05, 0.1) is 12.5 Å². The van der Waals surface area contributed by atoms with Gasteiger partial charge in [0.15, 0.2) is 0 Å². The number of methoxy groups -OCH3 is 1.